The SMILES string of the molecule is N#Cc1ccc2c(c1)nc1n2CCN2CCC[C@H]2C1. The number of benzene rings is 1. The van der Waals surface area contributed by atoms with Gasteiger partial charge < -0.3 is 4.57 Å². The molecule has 0 amide bonds. The molecule has 4 heteroatoms. The van der Waals surface area contributed by atoms with Gasteiger partial charge in [-0.2, -0.15) is 5.26 Å². The first kappa shape index (κ1) is 11.0. The van der Waals surface area contributed by atoms with E-state index < -0.39 is 0 Å². The molecular weight excluding hydrogens is 236 g/mol. The average Bonchev–Trinajstić information content (AvgIpc) is 2.97. The minimum absolute atomic E-state index is 0.675. The number of imidazole rings is 1. The lowest BCUT2D eigenvalue weighted by Gasteiger charge is -2.20. The molecule has 0 unspecified atom stereocenters. The standard InChI is InChI=1S/C15H16N4/c16-10-11-3-4-14-13(8-11)17-15-9-12-2-1-5-18(12)6-7-19(14)15/h3-4,8,12H,1-2,5-7,9H2/t12-/m0/s1. The zero-order valence-electron chi connectivity index (χ0n) is 10.8. The number of nitriles is 1. The Balaban J connectivity index is 1.82. The van der Waals surface area contributed by atoms with Crippen LogP contribution in [-0.4, -0.2) is 33.6 Å². The molecule has 0 aliphatic carbocycles. The van der Waals surface area contributed by atoms with Crippen LogP contribution in [0, 0.1) is 11.3 Å². The third-order valence-corrected chi connectivity index (χ3v) is 4.48. The zero-order valence-corrected chi connectivity index (χ0v) is 10.8. The van der Waals surface area contributed by atoms with Crippen LogP contribution >= 0.6 is 0 Å². The molecule has 0 spiro atoms. The van der Waals surface area contributed by atoms with Crippen LogP contribution in [0.25, 0.3) is 11.0 Å². The van der Waals surface area contributed by atoms with Crippen molar-refractivity contribution in [3.8, 4) is 6.07 Å². The quantitative estimate of drug-likeness (QED) is 0.719. The van der Waals surface area contributed by atoms with Crippen LogP contribution in [0.15, 0.2) is 18.2 Å². The molecule has 4 rings (SSSR count). The van der Waals surface area contributed by atoms with Crippen LogP contribution in [0.3, 0.4) is 0 Å². The van der Waals surface area contributed by atoms with Crippen molar-refractivity contribution < 1.29 is 0 Å². The van der Waals surface area contributed by atoms with E-state index in [1.54, 1.807) is 0 Å². The van der Waals surface area contributed by atoms with Crippen LogP contribution in [0.2, 0.25) is 0 Å². The molecule has 2 aromatic rings. The second kappa shape index (κ2) is 4.07. The number of fused-ring (bicyclic) bond motifs is 4. The maximum absolute atomic E-state index is 8.98. The molecule has 96 valence electrons. The Hall–Kier alpha value is -1.86. The summed E-state index contributed by atoms with van der Waals surface area (Å²) in [5.41, 5.74) is 2.85. The molecule has 2 aliphatic heterocycles. The lowest BCUT2D eigenvalue weighted by Crippen LogP contribution is -2.30. The Morgan fingerprint density at radius 3 is 3.11 bits per heavy atom. The Morgan fingerprint density at radius 1 is 1.26 bits per heavy atom. The van der Waals surface area contributed by atoms with Crippen LogP contribution in [0.5, 0.6) is 0 Å². The highest BCUT2D eigenvalue weighted by atomic mass is 15.2. The first-order chi connectivity index (χ1) is 9.35. The third kappa shape index (κ3) is 1.66. The summed E-state index contributed by atoms with van der Waals surface area (Å²) in [5.74, 6) is 1.19. The van der Waals surface area contributed by atoms with E-state index in [2.05, 4.69) is 15.5 Å². The van der Waals surface area contributed by atoms with Gasteiger partial charge in [0.25, 0.3) is 0 Å². The summed E-state index contributed by atoms with van der Waals surface area (Å²) in [4.78, 5) is 7.37. The van der Waals surface area contributed by atoms with Crippen molar-refractivity contribution in [2.24, 2.45) is 0 Å². The normalized spacial score (nSPS) is 22.8. The average molecular weight is 252 g/mol. The second-order valence-corrected chi connectivity index (χ2v) is 5.53. The van der Waals surface area contributed by atoms with Crippen molar-refractivity contribution in [3.05, 3.63) is 29.6 Å². The highest BCUT2D eigenvalue weighted by Crippen LogP contribution is 2.27. The predicted molar refractivity (Wildman–Crippen MR) is 72.7 cm³/mol. The summed E-state index contributed by atoms with van der Waals surface area (Å²) in [5, 5.41) is 8.98. The molecular formula is C15H16N4. The Bertz CT molecular complexity index is 679. The van der Waals surface area contributed by atoms with Gasteiger partial charge in [0.05, 0.1) is 22.7 Å². The number of nitrogens with zero attached hydrogens (tertiary/aromatic N) is 4. The van der Waals surface area contributed by atoms with Crippen molar-refractivity contribution in [2.75, 3.05) is 13.1 Å². The van der Waals surface area contributed by atoms with E-state index in [-0.39, 0.29) is 0 Å². The van der Waals surface area contributed by atoms with Crippen molar-refractivity contribution in [2.45, 2.75) is 31.8 Å². The smallest absolute Gasteiger partial charge is 0.111 e. The fraction of sp³-hybridized carbons (Fsp3) is 0.467. The van der Waals surface area contributed by atoms with E-state index in [1.807, 2.05) is 18.2 Å². The van der Waals surface area contributed by atoms with E-state index in [4.69, 9.17) is 10.2 Å². The molecule has 2 aliphatic rings. The van der Waals surface area contributed by atoms with Crippen molar-refractivity contribution in [1.82, 2.24) is 14.5 Å². The largest absolute Gasteiger partial charge is 0.327 e. The summed E-state index contributed by atoms with van der Waals surface area (Å²) in [6.07, 6.45) is 3.67. The van der Waals surface area contributed by atoms with Crippen LogP contribution in [-0.2, 0) is 13.0 Å². The van der Waals surface area contributed by atoms with Gasteiger partial charge in [-0.1, -0.05) is 0 Å². The molecule has 19 heavy (non-hydrogen) atoms. The van der Waals surface area contributed by atoms with Crippen LogP contribution in [0.1, 0.15) is 24.2 Å². The lowest BCUT2D eigenvalue weighted by molar-refractivity contribution is 0.258. The minimum Gasteiger partial charge on any atom is -0.327 e. The molecule has 1 aromatic heterocycles. The van der Waals surface area contributed by atoms with Crippen LogP contribution in [0.4, 0.5) is 0 Å². The third-order valence-electron chi connectivity index (χ3n) is 4.48. The zero-order chi connectivity index (χ0) is 12.8. The highest BCUT2D eigenvalue weighted by molar-refractivity contribution is 5.77. The predicted octanol–water partition coefficient (Wildman–Crippen LogP) is 1.93. The first-order valence-electron chi connectivity index (χ1n) is 6.98. The van der Waals surface area contributed by atoms with Crippen molar-refractivity contribution >= 4 is 11.0 Å². The Labute approximate surface area is 112 Å². The van der Waals surface area contributed by atoms with E-state index in [0.717, 1.165) is 25.0 Å². The maximum atomic E-state index is 8.98. The van der Waals surface area contributed by atoms with E-state index in [0.29, 0.717) is 11.6 Å². The van der Waals surface area contributed by atoms with Gasteiger partial charge in [-0.25, -0.2) is 4.98 Å². The molecule has 0 saturated carbocycles. The fourth-order valence-corrected chi connectivity index (χ4v) is 3.51. The van der Waals surface area contributed by atoms with Gasteiger partial charge in [0, 0.05) is 25.6 Å². The molecule has 0 bridgehead atoms. The van der Waals surface area contributed by atoms with Gasteiger partial charge in [-0.05, 0) is 37.6 Å². The molecule has 0 radical (unpaired) electrons. The second-order valence-electron chi connectivity index (χ2n) is 5.53. The topological polar surface area (TPSA) is 44.9 Å². The van der Waals surface area contributed by atoms with Gasteiger partial charge in [-0.3, -0.25) is 4.90 Å². The summed E-state index contributed by atoms with van der Waals surface area (Å²) >= 11 is 0. The van der Waals surface area contributed by atoms with Crippen molar-refractivity contribution in [1.29, 1.82) is 5.26 Å². The van der Waals surface area contributed by atoms with Gasteiger partial charge >= 0.3 is 0 Å². The van der Waals surface area contributed by atoms with E-state index in [9.17, 15) is 0 Å². The monoisotopic (exact) mass is 252 g/mol. The molecule has 3 heterocycles. The summed E-state index contributed by atoms with van der Waals surface area (Å²) in [7, 11) is 0. The summed E-state index contributed by atoms with van der Waals surface area (Å²) in [6.45, 7) is 3.39. The summed E-state index contributed by atoms with van der Waals surface area (Å²) < 4.78 is 2.34. The van der Waals surface area contributed by atoms with Gasteiger partial charge in [0.1, 0.15) is 5.82 Å². The molecule has 0 N–H and O–H groups in total. The van der Waals surface area contributed by atoms with Gasteiger partial charge in [0.15, 0.2) is 0 Å². The number of aromatic nitrogens is 2. The van der Waals surface area contributed by atoms with Crippen molar-refractivity contribution in [3.63, 3.8) is 0 Å². The molecule has 1 aromatic carbocycles. The molecule has 1 fully saturated rings. The van der Waals surface area contributed by atoms with E-state index in [1.165, 1.54) is 30.7 Å². The summed E-state index contributed by atoms with van der Waals surface area (Å²) in [6, 6.07) is 8.71. The number of rotatable bonds is 0. The Kier molecular flexibility index (Phi) is 2.36. The van der Waals surface area contributed by atoms with Crippen LogP contribution < -0.4 is 0 Å². The maximum Gasteiger partial charge on any atom is 0.111 e. The Morgan fingerprint density at radius 2 is 2.21 bits per heavy atom. The van der Waals surface area contributed by atoms with Gasteiger partial charge in [-0.15, -0.1) is 0 Å². The minimum atomic E-state index is 0.675. The number of hydrogen-bond donors (Lipinski definition) is 0. The van der Waals surface area contributed by atoms with E-state index >= 15 is 0 Å². The number of hydrogen-bond acceptors (Lipinski definition) is 3. The fourth-order valence-electron chi connectivity index (χ4n) is 3.51. The molecule has 4 nitrogen and oxygen atoms in total. The first-order valence-corrected chi connectivity index (χ1v) is 6.98. The van der Waals surface area contributed by atoms with Gasteiger partial charge in [0.2, 0.25) is 0 Å². The lowest BCUT2D eigenvalue weighted by atomic mass is 10.1. The highest BCUT2D eigenvalue weighted by Gasteiger charge is 2.29. The molecule has 1 atom stereocenters. The molecule has 1 saturated heterocycles.